The Morgan fingerprint density at radius 1 is 1.28 bits per heavy atom. The Kier molecular flexibility index (Phi) is 5.25. The lowest BCUT2D eigenvalue weighted by Gasteiger charge is -2.18. The van der Waals surface area contributed by atoms with Gasteiger partial charge in [0.15, 0.2) is 0 Å². The molecule has 2 rings (SSSR count). The minimum Gasteiger partial charge on any atom is -0.299 e. The van der Waals surface area contributed by atoms with E-state index < -0.39 is 0 Å². The van der Waals surface area contributed by atoms with Crippen molar-refractivity contribution in [3.05, 3.63) is 35.9 Å². The van der Waals surface area contributed by atoms with Gasteiger partial charge in [-0.15, -0.1) is 0 Å². The number of hydrogen-bond donors (Lipinski definition) is 0. The molecule has 1 aliphatic heterocycles. The smallest absolute Gasteiger partial charge is 0.0233 e. The summed E-state index contributed by atoms with van der Waals surface area (Å²) in [5, 5.41) is 0. The molecule has 1 fully saturated rings. The molecular formula is C17H27N. The number of hydrogen-bond acceptors (Lipinski definition) is 1. The summed E-state index contributed by atoms with van der Waals surface area (Å²) in [4.78, 5) is 2.62. The van der Waals surface area contributed by atoms with Crippen molar-refractivity contribution in [1.29, 1.82) is 0 Å². The van der Waals surface area contributed by atoms with Gasteiger partial charge < -0.3 is 0 Å². The molecule has 0 spiro atoms. The quantitative estimate of drug-likeness (QED) is 0.721. The van der Waals surface area contributed by atoms with Crippen LogP contribution in [0.4, 0.5) is 0 Å². The third-order valence-corrected chi connectivity index (χ3v) is 4.14. The number of rotatable bonds is 6. The molecule has 1 saturated heterocycles. The number of likely N-dealkylation sites (tertiary alicyclic amines) is 1. The fourth-order valence-corrected chi connectivity index (χ4v) is 3.27. The van der Waals surface area contributed by atoms with E-state index in [-0.39, 0.29) is 0 Å². The molecule has 0 radical (unpaired) electrons. The third-order valence-electron chi connectivity index (χ3n) is 4.14. The van der Waals surface area contributed by atoms with Gasteiger partial charge in [-0.3, -0.25) is 4.90 Å². The predicted molar refractivity (Wildman–Crippen MR) is 78.5 cm³/mol. The molecule has 0 amide bonds. The Labute approximate surface area is 112 Å². The Morgan fingerprint density at radius 2 is 2.06 bits per heavy atom. The zero-order valence-corrected chi connectivity index (χ0v) is 11.9. The Hall–Kier alpha value is -0.820. The van der Waals surface area contributed by atoms with Crippen LogP contribution in [0.5, 0.6) is 0 Å². The average molecular weight is 245 g/mol. The molecule has 100 valence electrons. The van der Waals surface area contributed by atoms with E-state index in [1.807, 2.05) is 0 Å². The Bertz CT molecular complexity index is 333. The first kappa shape index (κ1) is 13.6. The fourth-order valence-electron chi connectivity index (χ4n) is 3.27. The van der Waals surface area contributed by atoms with Crippen LogP contribution in [0.25, 0.3) is 0 Å². The van der Waals surface area contributed by atoms with Gasteiger partial charge in [0.05, 0.1) is 0 Å². The highest BCUT2D eigenvalue weighted by Crippen LogP contribution is 2.26. The molecule has 0 bridgehead atoms. The van der Waals surface area contributed by atoms with Crippen LogP contribution >= 0.6 is 0 Å². The summed E-state index contributed by atoms with van der Waals surface area (Å²) in [6.45, 7) is 8.46. The van der Waals surface area contributed by atoms with E-state index in [4.69, 9.17) is 0 Å². The van der Waals surface area contributed by atoms with Crippen molar-refractivity contribution in [1.82, 2.24) is 4.90 Å². The maximum Gasteiger partial charge on any atom is 0.0233 e. The van der Waals surface area contributed by atoms with E-state index in [1.54, 1.807) is 0 Å². The molecule has 1 nitrogen and oxygen atoms in total. The summed E-state index contributed by atoms with van der Waals surface area (Å²) in [5.41, 5.74) is 1.46. The van der Waals surface area contributed by atoms with Gasteiger partial charge in [-0.25, -0.2) is 0 Å². The van der Waals surface area contributed by atoms with Crippen LogP contribution in [0, 0.1) is 11.8 Å². The highest BCUT2D eigenvalue weighted by Gasteiger charge is 2.23. The zero-order chi connectivity index (χ0) is 12.8. The molecule has 2 unspecified atom stereocenters. The molecular weight excluding hydrogens is 218 g/mol. The van der Waals surface area contributed by atoms with Crippen LogP contribution in [0.2, 0.25) is 0 Å². The summed E-state index contributed by atoms with van der Waals surface area (Å²) in [5.74, 6) is 1.85. The van der Waals surface area contributed by atoms with Gasteiger partial charge in [-0.2, -0.15) is 0 Å². The third kappa shape index (κ3) is 4.13. The molecule has 18 heavy (non-hydrogen) atoms. The predicted octanol–water partition coefficient (Wildman–Crippen LogP) is 4.33. The van der Waals surface area contributed by atoms with Gasteiger partial charge in [-0.1, -0.05) is 57.0 Å². The van der Waals surface area contributed by atoms with Crippen LogP contribution in [0.15, 0.2) is 30.3 Å². The van der Waals surface area contributed by atoms with E-state index in [2.05, 4.69) is 49.1 Å². The van der Waals surface area contributed by atoms with Gasteiger partial charge >= 0.3 is 0 Å². The van der Waals surface area contributed by atoms with Crippen molar-refractivity contribution in [3.63, 3.8) is 0 Å². The second-order valence-corrected chi connectivity index (χ2v) is 6.00. The van der Waals surface area contributed by atoms with Crippen LogP contribution in [-0.4, -0.2) is 18.0 Å². The molecule has 0 aliphatic carbocycles. The van der Waals surface area contributed by atoms with Gasteiger partial charge in [0, 0.05) is 13.1 Å². The monoisotopic (exact) mass is 245 g/mol. The molecule has 0 aromatic heterocycles. The second-order valence-electron chi connectivity index (χ2n) is 6.00. The first-order valence-corrected chi connectivity index (χ1v) is 7.54. The molecule has 0 saturated carbocycles. The molecule has 1 aromatic carbocycles. The molecule has 1 aliphatic rings. The highest BCUT2D eigenvalue weighted by molar-refractivity contribution is 5.14. The minimum atomic E-state index is 0.914. The van der Waals surface area contributed by atoms with E-state index in [9.17, 15) is 0 Å². The van der Waals surface area contributed by atoms with Gasteiger partial charge in [0.2, 0.25) is 0 Å². The van der Waals surface area contributed by atoms with Crippen LogP contribution < -0.4 is 0 Å². The lowest BCUT2D eigenvalue weighted by Crippen LogP contribution is -2.20. The first-order chi connectivity index (χ1) is 8.78. The zero-order valence-electron chi connectivity index (χ0n) is 11.9. The fraction of sp³-hybridized carbons (Fsp3) is 0.647. The van der Waals surface area contributed by atoms with Gasteiger partial charge in [0.25, 0.3) is 0 Å². The standard InChI is InChI=1S/C17H27N/c1-3-7-15(2)12-17-10-11-18(14-17)13-16-8-5-4-6-9-16/h4-6,8-9,15,17H,3,7,10-14H2,1-2H3. The molecule has 0 N–H and O–H groups in total. The topological polar surface area (TPSA) is 3.24 Å². The van der Waals surface area contributed by atoms with Crippen molar-refractivity contribution in [2.24, 2.45) is 11.8 Å². The second kappa shape index (κ2) is 6.94. The summed E-state index contributed by atoms with van der Waals surface area (Å²) < 4.78 is 0. The summed E-state index contributed by atoms with van der Waals surface area (Å²) in [6.07, 6.45) is 5.57. The number of benzene rings is 1. The van der Waals surface area contributed by atoms with Crippen molar-refractivity contribution < 1.29 is 0 Å². The SMILES string of the molecule is CCCC(C)CC1CCN(Cc2ccccc2)C1. The highest BCUT2D eigenvalue weighted by atomic mass is 15.1. The summed E-state index contributed by atoms with van der Waals surface area (Å²) in [6, 6.07) is 10.9. The lowest BCUT2D eigenvalue weighted by molar-refractivity contribution is 0.299. The first-order valence-electron chi connectivity index (χ1n) is 7.54. The molecule has 2 atom stereocenters. The van der Waals surface area contributed by atoms with E-state index >= 15 is 0 Å². The van der Waals surface area contributed by atoms with Crippen LogP contribution in [-0.2, 0) is 6.54 Å². The van der Waals surface area contributed by atoms with Crippen LogP contribution in [0.3, 0.4) is 0 Å². The van der Waals surface area contributed by atoms with E-state index in [1.165, 1.54) is 44.3 Å². The largest absolute Gasteiger partial charge is 0.299 e. The Balaban J connectivity index is 1.75. The van der Waals surface area contributed by atoms with Crippen molar-refractivity contribution in [2.45, 2.75) is 46.1 Å². The van der Waals surface area contributed by atoms with E-state index in [0.29, 0.717) is 0 Å². The molecule has 1 heterocycles. The molecule has 1 heteroatoms. The molecule has 1 aromatic rings. The lowest BCUT2D eigenvalue weighted by atomic mass is 9.92. The van der Waals surface area contributed by atoms with Crippen molar-refractivity contribution in [2.75, 3.05) is 13.1 Å². The number of nitrogens with zero attached hydrogens (tertiary/aromatic N) is 1. The van der Waals surface area contributed by atoms with Gasteiger partial charge in [0.1, 0.15) is 0 Å². The van der Waals surface area contributed by atoms with Crippen molar-refractivity contribution in [3.8, 4) is 0 Å². The Morgan fingerprint density at radius 3 is 2.78 bits per heavy atom. The van der Waals surface area contributed by atoms with Crippen molar-refractivity contribution >= 4 is 0 Å². The summed E-state index contributed by atoms with van der Waals surface area (Å²) in [7, 11) is 0. The maximum absolute atomic E-state index is 2.62. The summed E-state index contributed by atoms with van der Waals surface area (Å²) >= 11 is 0. The maximum atomic E-state index is 2.62. The van der Waals surface area contributed by atoms with E-state index in [0.717, 1.165) is 18.4 Å². The normalized spacial score (nSPS) is 22.2. The average Bonchev–Trinajstić information content (AvgIpc) is 2.78. The van der Waals surface area contributed by atoms with Gasteiger partial charge in [-0.05, 0) is 36.8 Å². The van der Waals surface area contributed by atoms with Crippen LogP contribution in [0.1, 0.15) is 45.1 Å². The minimum absolute atomic E-state index is 0.914.